The van der Waals surface area contributed by atoms with Crippen LogP contribution in [0.5, 0.6) is 0 Å². The minimum Gasteiger partial charge on any atom is -0.368 e. The van der Waals surface area contributed by atoms with Crippen LogP contribution in [0.3, 0.4) is 0 Å². The third-order valence-corrected chi connectivity index (χ3v) is 2.79. The number of hydrogen-bond donors (Lipinski definition) is 3. The summed E-state index contributed by atoms with van der Waals surface area (Å²) in [5, 5.41) is 13.2. The molecule has 2 aromatic heterocycles. The smallest absolute Gasteiger partial charge is 0.226 e. The van der Waals surface area contributed by atoms with Crippen molar-refractivity contribution in [2.24, 2.45) is 0 Å². The fourth-order valence-electron chi connectivity index (χ4n) is 1.19. The molecule has 2 rings (SSSR count). The van der Waals surface area contributed by atoms with Gasteiger partial charge in [-0.25, -0.2) is 5.10 Å². The molecule has 4 N–H and O–H groups in total. The number of aromatic nitrogens is 4. The summed E-state index contributed by atoms with van der Waals surface area (Å²) in [5.74, 6) is 1.75. The van der Waals surface area contributed by atoms with Gasteiger partial charge in [-0.1, -0.05) is 16.9 Å². The molecule has 0 aromatic carbocycles. The first-order valence-corrected chi connectivity index (χ1v) is 6.16. The third-order valence-electron chi connectivity index (χ3n) is 1.94. The van der Waals surface area contributed by atoms with E-state index < -0.39 is 0 Å². The first-order valence-electron chi connectivity index (χ1n) is 5.17. The normalized spacial score (nSPS) is 10.5. The topological polar surface area (TPSA) is 123 Å². The number of hydrogen-bond acceptors (Lipinski definition) is 7. The van der Waals surface area contributed by atoms with Crippen molar-refractivity contribution >= 4 is 29.4 Å². The van der Waals surface area contributed by atoms with Gasteiger partial charge in [0.1, 0.15) is 5.76 Å². The van der Waals surface area contributed by atoms with E-state index in [9.17, 15) is 4.79 Å². The van der Waals surface area contributed by atoms with E-state index in [1.807, 2.05) is 0 Å². The van der Waals surface area contributed by atoms with E-state index in [2.05, 4.69) is 25.7 Å². The van der Waals surface area contributed by atoms with Crippen molar-refractivity contribution in [1.29, 1.82) is 0 Å². The summed E-state index contributed by atoms with van der Waals surface area (Å²) >= 11 is 1.35. The van der Waals surface area contributed by atoms with Gasteiger partial charge in [0.2, 0.25) is 17.0 Å². The summed E-state index contributed by atoms with van der Waals surface area (Å²) in [4.78, 5) is 15.4. The zero-order valence-electron chi connectivity index (χ0n) is 9.64. The van der Waals surface area contributed by atoms with Crippen LogP contribution >= 0.6 is 11.8 Å². The fourth-order valence-corrected chi connectivity index (χ4v) is 1.93. The molecule has 0 atom stereocenters. The molecule has 2 heterocycles. The van der Waals surface area contributed by atoms with Crippen molar-refractivity contribution in [2.45, 2.75) is 18.5 Å². The van der Waals surface area contributed by atoms with Gasteiger partial charge in [-0.05, 0) is 6.92 Å². The number of nitrogens with two attached hydrogens (primary N) is 1. The van der Waals surface area contributed by atoms with Gasteiger partial charge in [0.05, 0.1) is 0 Å². The molecule has 8 nitrogen and oxygen atoms in total. The minimum absolute atomic E-state index is 0.140. The van der Waals surface area contributed by atoms with E-state index in [0.717, 1.165) is 0 Å². The Morgan fingerprint density at radius 1 is 1.67 bits per heavy atom. The lowest BCUT2D eigenvalue weighted by molar-refractivity contribution is -0.115. The quantitative estimate of drug-likeness (QED) is 0.685. The molecule has 0 bridgehead atoms. The maximum atomic E-state index is 11.5. The van der Waals surface area contributed by atoms with Gasteiger partial charge < -0.3 is 15.6 Å². The van der Waals surface area contributed by atoms with Gasteiger partial charge in [-0.15, -0.1) is 5.10 Å². The maximum Gasteiger partial charge on any atom is 0.226 e. The molecule has 1 amide bonds. The molecule has 9 heteroatoms. The minimum atomic E-state index is -0.140. The summed E-state index contributed by atoms with van der Waals surface area (Å²) in [6.07, 6.45) is 0.324. The monoisotopic (exact) mass is 268 g/mol. The van der Waals surface area contributed by atoms with E-state index in [0.29, 0.717) is 28.9 Å². The standard InChI is InChI=1S/C9H12N6O2S/c1-5-4-6(15-17-5)11-7(16)2-3-18-9-12-8(10)13-14-9/h4H,2-3H2,1H3,(H,11,15,16)(H3,10,12,13,14). The highest BCUT2D eigenvalue weighted by Gasteiger charge is 2.07. The second-order valence-electron chi connectivity index (χ2n) is 3.47. The summed E-state index contributed by atoms with van der Waals surface area (Å²) in [7, 11) is 0. The third kappa shape index (κ3) is 3.48. The van der Waals surface area contributed by atoms with Crippen LogP contribution in [0.2, 0.25) is 0 Å². The highest BCUT2D eigenvalue weighted by molar-refractivity contribution is 7.99. The molecule has 18 heavy (non-hydrogen) atoms. The van der Waals surface area contributed by atoms with Crippen LogP contribution in [0, 0.1) is 6.92 Å². The number of nitrogen functional groups attached to an aromatic ring is 1. The zero-order valence-corrected chi connectivity index (χ0v) is 10.5. The molecule has 0 saturated carbocycles. The molecule has 0 saturated heterocycles. The number of carbonyl (C=O) groups is 1. The number of amides is 1. The predicted molar refractivity (Wildman–Crippen MR) is 66.0 cm³/mol. The Hall–Kier alpha value is -2.03. The zero-order chi connectivity index (χ0) is 13.0. The molecule has 0 aliphatic carbocycles. The number of rotatable bonds is 5. The molecule has 0 fully saturated rings. The molecule has 96 valence electrons. The predicted octanol–water partition coefficient (Wildman–Crippen LogP) is 0.804. The van der Waals surface area contributed by atoms with E-state index in [1.54, 1.807) is 13.0 Å². The molecule has 2 aromatic rings. The highest BCUT2D eigenvalue weighted by atomic mass is 32.2. The van der Waals surface area contributed by atoms with Gasteiger partial charge in [0, 0.05) is 18.2 Å². The molecule has 0 aliphatic rings. The van der Waals surface area contributed by atoms with Gasteiger partial charge in [-0.3, -0.25) is 4.79 Å². The van der Waals surface area contributed by atoms with Crippen LogP contribution in [-0.4, -0.2) is 32.0 Å². The Kier molecular flexibility index (Phi) is 3.82. The van der Waals surface area contributed by atoms with E-state index in [4.69, 9.17) is 10.3 Å². The Bertz CT molecular complexity index is 537. The molecular formula is C9H12N6O2S. The van der Waals surface area contributed by atoms with Crippen molar-refractivity contribution in [2.75, 3.05) is 16.8 Å². The van der Waals surface area contributed by atoms with E-state index >= 15 is 0 Å². The van der Waals surface area contributed by atoms with Crippen molar-refractivity contribution in [3.8, 4) is 0 Å². The Morgan fingerprint density at radius 3 is 3.11 bits per heavy atom. The van der Waals surface area contributed by atoms with Crippen LogP contribution in [0.1, 0.15) is 12.2 Å². The fraction of sp³-hybridized carbons (Fsp3) is 0.333. The molecule has 0 spiro atoms. The second-order valence-corrected chi connectivity index (χ2v) is 4.53. The molecular weight excluding hydrogens is 256 g/mol. The summed E-state index contributed by atoms with van der Waals surface area (Å²) in [5.41, 5.74) is 5.37. The largest absolute Gasteiger partial charge is 0.368 e. The summed E-state index contributed by atoms with van der Waals surface area (Å²) in [6.45, 7) is 1.76. The summed E-state index contributed by atoms with van der Waals surface area (Å²) < 4.78 is 4.83. The van der Waals surface area contributed by atoms with Crippen molar-refractivity contribution < 1.29 is 9.32 Å². The number of nitrogens with zero attached hydrogens (tertiary/aromatic N) is 3. The van der Waals surface area contributed by atoms with Crippen molar-refractivity contribution in [1.82, 2.24) is 20.3 Å². The average molecular weight is 268 g/mol. The lowest BCUT2D eigenvalue weighted by Crippen LogP contribution is -2.12. The number of aryl methyl sites for hydroxylation is 1. The van der Waals surface area contributed by atoms with Crippen LogP contribution < -0.4 is 11.1 Å². The second kappa shape index (κ2) is 5.54. The average Bonchev–Trinajstić information content (AvgIpc) is 2.88. The summed E-state index contributed by atoms with van der Waals surface area (Å²) in [6, 6.07) is 1.65. The molecule has 0 aliphatic heterocycles. The van der Waals surface area contributed by atoms with Crippen LogP contribution in [0.25, 0.3) is 0 Å². The maximum absolute atomic E-state index is 11.5. The lowest BCUT2D eigenvalue weighted by atomic mass is 10.4. The number of carbonyl (C=O) groups excluding carboxylic acids is 1. The lowest BCUT2D eigenvalue weighted by Gasteiger charge is -1.99. The number of aromatic amines is 1. The molecule has 0 radical (unpaired) electrons. The van der Waals surface area contributed by atoms with Gasteiger partial charge in [-0.2, -0.15) is 4.98 Å². The number of anilines is 2. The Balaban J connectivity index is 1.72. The first-order chi connectivity index (χ1) is 8.63. The van der Waals surface area contributed by atoms with Crippen LogP contribution in [0.15, 0.2) is 15.7 Å². The van der Waals surface area contributed by atoms with E-state index in [-0.39, 0.29) is 11.9 Å². The Morgan fingerprint density at radius 2 is 2.50 bits per heavy atom. The van der Waals surface area contributed by atoms with E-state index in [1.165, 1.54) is 11.8 Å². The van der Waals surface area contributed by atoms with Crippen LogP contribution in [0.4, 0.5) is 11.8 Å². The van der Waals surface area contributed by atoms with Gasteiger partial charge >= 0.3 is 0 Å². The number of nitrogens with one attached hydrogen (secondary N) is 2. The Labute approximate surface area is 107 Å². The molecule has 0 unspecified atom stereocenters. The van der Waals surface area contributed by atoms with Gasteiger partial charge in [0.25, 0.3) is 0 Å². The van der Waals surface area contributed by atoms with Gasteiger partial charge in [0.15, 0.2) is 5.82 Å². The first kappa shape index (κ1) is 12.4. The van der Waals surface area contributed by atoms with Crippen molar-refractivity contribution in [3.05, 3.63) is 11.8 Å². The van der Waals surface area contributed by atoms with Crippen molar-refractivity contribution in [3.63, 3.8) is 0 Å². The number of H-pyrrole nitrogens is 1. The highest BCUT2D eigenvalue weighted by Crippen LogP contribution is 2.14. The SMILES string of the molecule is Cc1cc(NC(=O)CCSc2n[nH]c(N)n2)no1. The number of thioether (sulfide) groups is 1. The van der Waals surface area contributed by atoms with Crippen LogP contribution in [-0.2, 0) is 4.79 Å².